The molecule has 0 fully saturated rings. The van der Waals surface area contributed by atoms with Crippen LogP contribution in [0.2, 0.25) is 0 Å². The first kappa shape index (κ1) is 26.0. The lowest BCUT2D eigenvalue weighted by Gasteiger charge is -2.19. The smallest absolute Gasteiger partial charge is 0.407 e. The van der Waals surface area contributed by atoms with Crippen molar-refractivity contribution in [1.82, 2.24) is 5.32 Å². The maximum atomic E-state index is 11.8. The van der Waals surface area contributed by atoms with E-state index in [9.17, 15) is 14.7 Å². The van der Waals surface area contributed by atoms with E-state index in [4.69, 9.17) is 19.3 Å². The molecular weight excluding hydrogens is 428 g/mol. The maximum Gasteiger partial charge on any atom is 0.407 e. The first-order valence-corrected chi connectivity index (χ1v) is 10.7. The first-order valence-electron chi connectivity index (χ1n) is 10.7. The number of alkyl carbamates (subject to hydrolysis) is 1. The van der Waals surface area contributed by atoms with E-state index >= 15 is 0 Å². The molecule has 33 heavy (non-hydrogen) atoms. The molecule has 1 amide bonds. The zero-order chi connectivity index (χ0) is 24.3. The van der Waals surface area contributed by atoms with Crippen LogP contribution in [0.3, 0.4) is 0 Å². The van der Waals surface area contributed by atoms with E-state index in [0.717, 1.165) is 5.56 Å². The second-order valence-electron chi connectivity index (χ2n) is 8.23. The summed E-state index contributed by atoms with van der Waals surface area (Å²) < 4.78 is 16.5. The van der Waals surface area contributed by atoms with Gasteiger partial charge in [0.25, 0.3) is 0 Å². The van der Waals surface area contributed by atoms with Crippen LogP contribution in [-0.2, 0) is 22.6 Å². The zero-order valence-corrected chi connectivity index (χ0v) is 19.2. The van der Waals surface area contributed by atoms with E-state index in [0.29, 0.717) is 49.9 Å². The molecule has 4 N–H and O–H groups in total. The fraction of sp³-hybridized carbons (Fsp3) is 0.417. The normalized spacial score (nSPS) is 11.0. The van der Waals surface area contributed by atoms with Crippen LogP contribution in [0, 0.1) is 0 Å². The Balaban J connectivity index is 1.65. The third kappa shape index (κ3) is 9.80. The number of rotatable bonds is 12. The SMILES string of the molecule is CC(C)(C)OC(=O)NCc1cccc(OCCOCCNc2ccc(C(=O)O)c(CO)c2)c1. The molecule has 0 heterocycles. The van der Waals surface area contributed by atoms with Gasteiger partial charge in [-0.15, -0.1) is 0 Å². The van der Waals surface area contributed by atoms with Gasteiger partial charge in [-0.1, -0.05) is 12.1 Å². The highest BCUT2D eigenvalue weighted by atomic mass is 16.6. The number of carbonyl (C=O) groups is 2. The van der Waals surface area contributed by atoms with Crippen LogP contribution < -0.4 is 15.4 Å². The standard InChI is InChI=1S/C24H32N2O7/c1-24(2,3)33-23(30)26-15-17-5-4-6-20(13-17)32-12-11-31-10-9-25-19-7-8-21(22(28)29)18(14-19)16-27/h4-8,13-14,25,27H,9-12,15-16H2,1-3H3,(H,26,30)(H,28,29). The number of aliphatic hydroxyl groups excluding tert-OH is 1. The van der Waals surface area contributed by atoms with Gasteiger partial charge in [-0.2, -0.15) is 0 Å². The predicted octanol–water partition coefficient (Wildman–Crippen LogP) is 3.41. The van der Waals surface area contributed by atoms with E-state index < -0.39 is 17.7 Å². The van der Waals surface area contributed by atoms with Crippen molar-refractivity contribution in [3.63, 3.8) is 0 Å². The number of anilines is 1. The number of carboxylic acid groups (broad SMARTS) is 1. The van der Waals surface area contributed by atoms with E-state index in [1.807, 2.05) is 45.0 Å². The Labute approximate surface area is 193 Å². The molecule has 0 aliphatic rings. The molecule has 0 atom stereocenters. The largest absolute Gasteiger partial charge is 0.491 e. The Morgan fingerprint density at radius 2 is 1.82 bits per heavy atom. The fourth-order valence-corrected chi connectivity index (χ4v) is 2.86. The molecule has 2 rings (SSSR count). The van der Waals surface area contributed by atoms with Crippen LogP contribution in [0.4, 0.5) is 10.5 Å². The molecule has 0 unspecified atom stereocenters. The van der Waals surface area contributed by atoms with Gasteiger partial charge in [0.15, 0.2) is 0 Å². The lowest BCUT2D eigenvalue weighted by Crippen LogP contribution is -2.32. The number of amides is 1. The fourth-order valence-electron chi connectivity index (χ4n) is 2.86. The molecule has 2 aromatic rings. The Kier molecular flexibility index (Phi) is 9.96. The Bertz CT molecular complexity index is 925. The number of nitrogens with one attached hydrogen (secondary N) is 2. The summed E-state index contributed by atoms with van der Waals surface area (Å²) in [6.45, 7) is 7.12. The van der Waals surface area contributed by atoms with Crippen molar-refractivity contribution >= 4 is 17.7 Å². The topological polar surface area (TPSA) is 126 Å². The van der Waals surface area contributed by atoms with Gasteiger partial charge in [0.2, 0.25) is 0 Å². The first-order chi connectivity index (χ1) is 15.7. The number of aliphatic hydroxyl groups is 1. The van der Waals surface area contributed by atoms with Gasteiger partial charge in [-0.3, -0.25) is 0 Å². The summed E-state index contributed by atoms with van der Waals surface area (Å²) in [6, 6.07) is 12.1. The van der Waals surface area contributed by atoms with Crippen molar-refractivity contribution < 1.29 is 34.0 Å². The van der Waals surface area contributed by atoms with Crippen LogP contribution in [0.25, 0.3) is 0 Å². The van der Waals surface area contributed by atoms with Gasteiger partial charge in [0.05, 0.1) is 25.4 Å². The van der Waals surface area contributed by atoms with E-state index in [-0.39, 0.29) is 12.2 Å². The minimum absolute atomic E-state index is 0.0844. The number of benzene rings is 2. The second-order valence-corrected chi connectivity index (χ2v) is 8.23. The van der Waals surface area contributed by atoms with Crippen molar-refractivity contribution in [1.29, 1.82) is 0 Å². The van der Waals surface area contributed by atoms with E-state index in [1.54, 1.807) is 12.1 Å². The van der Waals surface area contributed by atoms with Gasteiger partial charge < -0.3 is 35.1 Å². The quantitative estimate of drug-likeness (QED) is 0.355. The molecule has 9 heteroatoms. The Morgan fingerprint density at radius 3 is 2.52 bits per heavy atom. The number of carbonyl (C=O) groups excluding carboxylic acids is 1. The summed E-state index contributed by atoms with van der Waals surface area (Å²) in [4.78, 5) is 22.9. The molecule has 0 saturated heterocycles. The molecule has 0 saturated carbocycles. The summed E-state index contributed by atoms with van der Waals surface area (Å²) in [6.07, 6.45) is -0.471. The Hall–Kier alpha value is -3.30. The lowest BCUT2D eigenvalue weighted by atomic mass is 10.1. The summed E-state index contributed by atoms with van der Waals surface area (Å²) in [5.41, 5.74) is 1.49. The summed E-state index contributed by atoms with van der Waals surface area (Å²) in [5, 5.41) is 24.2. The predicted molar refractivity (Wildman–Crippen MR) is 124 cm³/mol. The summed E-state index contributed by atoms with van der Waals surface area (Å²) >= 11 is 0. The van der Waals surface area contributed by atoms with Gasteiger partial charge in [0, 0.05) is 18.8 Å². The second kappa shape index (κ2) is 12.7. The van der Waals surface area contributed by atoms with Crippen LogP contribution in [-0.4, -0.2) is 54.2 Å². The number of aromatic carboxylic acids is 1. The van der Waals surface area contributed by atoms with Gasteiger partial charge in [0.1, 0.15) is 18.0 Å². The van der Waals surface area contributed by atoms with Crippen molar-refractivity contribution in [2.24, 2.45) is 0 Å². The average Bonchev–Trinajstić information content (AvgIpc) is 2.76. The minimum atomic E-state index is -1.07. The number of hydrogen-bond donors (Lipinski definition) is 4. The highest BCUT2D eigenvalue weighted by Crippen LogP contribution is 2.16. The van der Waals surface area contributed by atoms with E-state index in [1.165, 1.54) is 6.07 Å². The third-order valence-electron chi connectivity index (χ3n) is 4.31. The summed E-state index contributed by atoms with van der Waals surface area (Å²) in [5.74, 6) is -0.394. The van der Waals surface area contributed by atoms with Gasteiger partial charge in [-0.25, -0.2) is 9.59 Å². The monoisotopic (exact) mass is 460 g/mol. The highest BCUT2D eigenvalue weighted by molar-refractivity contribution is 5.90. The number of hydrogen-bond acceptors (Lipinski definition) is 7. The van der Waals surface area contributed by atoms with E-state index in [2.05, 4.69) is 10.6 Å². The molecule has 0 radical (unpaired) electrons. The number of carboxylic acids is 1. The van der Waals surface area contributed by atoms with Crippen LogP contribution >= 0.6 is 0 Å². The minimum Gasteiger partial charge on any atom is -0.491 e. The average molecular weight is 461 g/mol. The molecule has 9 nitrogen and oxygen atoms in total. The molecule has 0 aliphatic carbocycles. The van der Waals surface area contributed by atoms with Gasteiger partial charge >= 0.3 is 12.1 Å². The lowest BCUT2D eigenvalue weighted by molar-refractivity contribution is 0.0522. The van der Waals surface area contributed by atoms with Crippen LogP contribution in [0.5, 0.6) is 5.75 Å². The third-order valence-corrected chi connectivity index (χ3v) is 4.31. The molecule has 2 aromatic carbocycles. The molecule has 0 aliphatic heterocycles. The highest BCUT2D eigenvalue weighted by Gasteiger charge is 2.15. The molecule has 180 valence electrons. The Morgan fingerprint density at radius 1 is 1.03 bits per heavy atom. The van der Waals surface area contributed by atoms with Crippen LogP contribution in [0.1, 0.15) is 42.3 Å². The van der Waals surface area contributed by atoms with Crippen molar-refractivity contribution in [2.45, 2.75) is 39.5 Å². The van der Waals surface area contributed by atoms with Gasteiger partial charge in [-0.05, 0) is 62.2 Å². The molecular formula is C24H32N2O7. The molecule has 0 aromatic heterocycles. The van der Waals surface area contributed by atoms with Crippen LogP contribution in [0.15, 0.2) is 42.5 Å². The maximum absolute atomic E-state index is 11.8. The molecule has 0 bridgehead atoms. The zero-order valence-electron chi connectivity index (χ0n) is 19.2. The molecule has 0 spiro atoms. The van der Waals surface area contributed by atoms with Crippen molar-refractivity contribution in [3.8, 4) is 5.75 Å². The number of ether oxygens (including phenoxy) is 3. The summed E-state index contributed by atoms with van der Waals surface area (Å²) in [7, 11) is 0. The van der Waals surface area contributed by atoms with Crippen molar-refractivity contribution in [3.05, 3.63) is 59.2 Å². The van der Waals surface area contributed by atoms with Crippen molar-refractivity contribution in [2.75, 3.05) is 31.7 Å².